The molecule has 0 heterocycles. The fourth-order valence-corrected chi connectivity index (χ4v) is 4.56. The van der Waals surface area contributed by atoms with Crippen LogP contribution in [0.25, 0.3) is 0 Å². The van der Waals surface area contributed by atoms with Crippen LogP contribution in [0.1, 0.15) is 13.3 Å². The van der Waals surface area contributed by atoms with E-state index in [-0.39, 0.29) is 10.9 Å². The molecule has 1 atom stereocenters. The summed E-state index contributed by atoms with van der Waals surface area (Å²) >= 11 is 6.58. The molecular weight excluding hydrogens is 396 g/mol. The topological polar surface area (TPSA) is 49.4 Å². The fraction of sp³-hybridized carbons (Fsp3) is 0.500. The second-order valence-electron chi connectivity index (χ2n) is 4.69. The van der Waals surface area contributed by atoms with E-state index in [1.165, 1.54) is 0 Å². The molecule has 0 aromatic heterocycles. The zero-order chi connectivity index (χ0) is 14.6. The maximum absolute atomic E-state index is 12.2. The molecule has 0 fully saturated rings. The summed E-state index contributed by atoms with van der Waals surface area (Å²) in [7, 11) is 0.439. The third kappa shape index (κ3) is 5.51. The molecular formula is C12H18Br2N2O2S. The SMILES string of the molecule is CC(CCN(C)C)NS(=O)(=O)c1ccc(Br)cc1Br. The van der Waals surface area contributed by atoms with Crippen LogP contribution in [0.3, 0.4) is 0 Å². The van der Waals surface area contributed by atoms with E-state index in [1.54, 1.807) is 18.2 Å². The van der Waals surface area contributed by atoms with Crippen molar-refractivity contribution in [2.75, 3.05) is 20.6 Å². The molecule has 0 saturated heterocycles. The van der Waals surface area contributed by atoms with E-state index < -0.39 is 10.0 Å². The van der Waals surface area contributed by atoms with E-state index in [9.17, 15) is 8.42 Å². The lowest BCUT2D eigenvalue weighted by molar-refractivity contribution is 0.379. The van der Waals surface area contributed by atoms with E-state index in [2.05, 4.69) is 36.6 Å². The first-order valence-corrected chi connectivity index (χ1v) is 8.91. The molecule has 1 aromatic rings. The molecule has 1 N–H and O–H groups in total. The van der Waals surface area contributed by atoms with Gasteiger partial charge in [0.05, 0.1) is 4.90 Å². The Morgan fingerprint density at radius 2 is 1.95 bits per heavy atom. The number of nitrogens with one attached hydrogen (secondary N) is 1. The highest BCUT2D eigenvalue weighted by Crippen LogP contribution is 2.25. The number of rotatable bonds is 6. The van der Waals surface area contributed by atoms with Crippen molar-refractivity contribution >= 4 is 41.9 Å². The van der Waals surface area contributed by atoms with Gasteiger partial charge in [0.15, 0.2) is 0 Å². The highest BCUT2D eigenvalue weighted by molar-refractivity contribution is 9.11. The Balaban J connectivity index is 2.81. The summed E-state index contributed by atoms with van der Waals surface area (Å²) < 4.78 is 28.6. The van der Waals surface area contributed by atoms with Gasteiger partial charge in [0, 0.05) is 15.0 Å². The quantitative estimate of drug-likeness (QED) is 0.779. The Kier molecular flexibility index (Phi) is 6.46. The van der Waals surface area contributed by atoms with Gasteiger partial charge in [-0.2, -0.15) is 0 Å². The van der Waals surface area contributed by atoms with Gasteiger partial charge >= 0.3 is 0 Å². The standard InChI is InChI=1S/C12H18Br2N2O2S/c1-9(6-7-16(2)3)15-19(17,18)12-5-4-10(13)8-11(12)14/h4-5,8-9,15H,6-7H2,1-3H3. The minimum Gasteiger partial charge on any atom is -0.309 e. The lowest BCUT2D eigenvalue weighted by Crippen LogP contribution is -2.34. The first-order valence-electron chi connectivity index (χ1n) is 5.84. The molecule has 7 heteroatoms. The smallest absolute Gasteiger partial charge is 0.241 e. The van der Waals surface area contributed by atoms with Crippen molar-refractivity contribution in [1.29, 1.82) is 0 Å². The molecule has 108 valence electrons. The third-order valence-electron chi connectivity index (χ3n) is 2.55. The van der Waals surface area contributed by atoms with Crippen LogP contribution in [-0.4, -0.2) is 40.0 Å². The van der Waals surface area contributed by atoms with Crippen LogP contribution in [0.2, 0.25) is 0 Å². The molecule has 1 aromatic carbocycles. The van der Waals surface area contributed by atoms with Gasteiger partial charge in [-0.1, -0.05) is 15.9 Å². The molecule has 1 rings (SSSR count). The van der Waals surface area contributed by atoms with Gasteiger partial charge in [0.1, 0.15) is 0 Å². The Hall–Kier alpha value is 0.0500. The summed E-state index contributed by atoms with van der Waals surface area (Å²) in [5.74, 6) is 0. The molecule has 1 unspecified atom stereocenters. The van der Waals surface area contributed by atoms with Crippen molar-refractivity contribution in [2.45, 2.75) is 24.3 Å². The minimum atomic E-state index is -3.49. The zero-order valence-electron chi connectivity index (χ0n) is 11.2. The summed E-state index contributed by atoms with van der Waals surface area (Å²) in [5, 5.41) is 0. The lowest BCUT2D eigenvalue weighted by atomic mass is 10.2. The van der Waals surface area contributed by atoms with Crippen molar-refractivity contribution in [3.05, 3.63) is 27.1 Å². The molecule has 0 radical (unpaired) electrons. The van der Waals surface area contributed by atoms with Crippen molar-refractivity contribution in [1.82, 2.24) is 9.62 Å². The van der Waals surface area contributed by atoms with Gasteiger partial charge in [-0.15, -0.1) is 0 Å². The number of halogens is 2. The number of benzene rings is 1. The van der Waals surface area contributed by atoms with Crippen LogP contribution in [0.15, 0.2) is 32.0 Å². The van der Waals surface area contributed by atoms with E-state index in [0.717, 1.165) is 17.4 Å². The maximum atomic E-state index is 12.2. The summed E-state index contributed by atoms with van der Waals surface area (Å²) in [6.07, 6.45) is 0.764. The van der Waals surface area contributed by atoms with Crippen LogP contribution in [0.5, 0.6) is 0 Å². The number of hydrogen-bond acceptors (Lipinski definition) is 3. The predicted molar refractivity (Wildman–Crippen MR) is 84.8 cm³/mol. The van der Waals surface area contributed by atoms with E-state index in [4.69, 9.17) is 0 Å². The number of nitrogens with zero attached hydrogens (tertiary/aromatic N) is 1. The molecule has 19 heavy (non-hydrogen) atoms. The summed E-state index contributed by atoms with van der Waals surface area (Å²) in [5.41, 5.74) is 0. The minimum absolute atomic E-state index is 0.108. The average Bonchev–Trinajstić information content (AvgIpc) is 2.25. The highest BCUT2D eigenvalue weighted by atomic mass is 79.9. The summed E-state index contributed by atoms with van der Waals surface area (Å²) in [4.78, 5) is 2.28. The molecule has 0 bridgehead atoms. The monoisotopic (exact) mass is 412 g/mol. The van der Waals surface area contributed by atoms with Crippen molar-refractivity contribution < 1.29 is 8.42 Å². The fourth-order valence-electron chi connectivity index (χ4n) is 1.53. The molecule has 0 spiro atoms. The normalized spacial score (nSPS) is 13.8. The maximum Gasteiger partial charge on any atom is 0.241 e. The van der Waals surface area contributed by atoms with Crippen LogP contribution >= 0.6 is 31.9 Å². The predicted octanol–water partition coefficient (Wildman–Crippen LogP) is 2.83. The summed E-state index contributed by atoms with van der Waals surface area (Å²) in [6.45, 7) is 2.71. The van der Waals surface area contributed by atoms with Crippen molar-refractivity contribution in [3.63, 3.8) is 0 Å². The van der Waals surface area contributed by atoms with E-state index >= 15 is 0 Å². The van der Waals surface area contributed by atoms with Gasteiger partial charge in [-0.05, 0) is 68.1 Å². The number of hydrogen-bond donors (Lipinski definition) is 1. The Morgan fingerprint density at radius 1 is 1.32 bits per heavy atom. The van der Waals surface area contributed by atoms with E-state index in [0.29, 0.717) is 4.47 Å². The lowest BCUT2D eigenvalue weighted by Gasteiger charge is -2.17. The van der Waals surface area contributed by atoms with Gasteiger partial charge < -0.3 is 4.90 Å². The molecule has 0 aliphatic rings. The van der Waals surface area contributed by atoms with Gasteiger partial charge in [0.2, 0.25) is 10.0 Å². The molecule has 0 saturated carbocycles. The Morgan fingerprint density at radius 3 is 2.47 bits per heavy atom. The van der Waals surface area contributed by atoms with Gasteiger partial charge in [-0.25, -0.2) is 13.1 Å². The Bertz CT molecular complexity index is 533. The third-order valence-corrected chi connectivity index (χ3v) is 5.61. The Labute approximate surface area is 131 Å². The largest absolute Gasteiger partial charge is 0.309 e. The van der Waals surface area contributed by atoms with Gasteiger partial charge in [-0.3, -0.25) is 0 Å². The second kappa shape index (κ2) is 7.17. The molecule has 0 amide bonds. The highest BCUT2D eigenvalue weighted by Gasteiger charge is 2.20. The molecule has 4 nitrogen and oxygen atoms in total. The van der Waals surface area contributed by atoms with Crippen molar-refractivity contribution in [2.24, 2.45) is 0 Å². The zero-order valence-corrected chi connectivity index (χ0v) is 15.1. The van der Waals surface area contributed by atoms with Crippen LogP contribution in [0.4, 0.5) is 0 Å². The summed E-state index contributed by atoms with van der Waals surface area (Å²) in [6, 6.07) is 4.90. The molecule has 0 aliphatic carbocycles. The van der Waals surface area contributed by atoms with Crippen molar-refractivity contribution in [3.8, 4) is 0 Å². The van der Waals surface area contributed by atoms with Crippen LogP contribution in [-0.2, 0) is 10.0 Å². The number of sulfonamides is 1. The van der Waals surface area contributed by atoms with Crippen LogP contribution < -0.4 is 4.72 Å². The first-order chi connectivity index (χ1) is 8.72. The average molecular weight is 414 g/mol. The second-order valence-corrected chi connectivity index (χ2v) is 8.14. The first kappa shape index (κ1) is 17.1. The van der Waals surface area contributed by atoms with Crippen LogP contribution in [0, 0.1) is 0 Å². The molecule has 0 aliphatic heterocycles. The van der Waals surface area contributed by atoms with Gasteiger partial charge in [0.25, 0.3) is 0 Å². The van der Waals surface area contributed by atoms with E-state index in [1.807, 2.05) is 25.9 Å².